The van der Waals surface area contributed by atoms with Crippen LogP contribution in [-0.2, 0) is 34.0 Å². The summed E-state index contributed by atoms with van der Waals surface area (Å²) >= 11 is 0. The third-order valence-corrected chi connectivity index (χ3v) is 7.96. The van der Waals surface area contributed by atoms with E-state index in [1.165, 1.54) is 32.5 Å². The molecule has 6 aromatic rings. The molecular formula is C46H46N2O17. The predicted molar refractivity (Wildman–Crippen MR) is 232 cm³/mol. The number of aromatic carboxylic acids is 1. The number of hydrogen-bond acceptors (Lipinski definition) is 15. The number of methoxy groups -OCH3 is 2. The Hall–Kier alpha value is -8.45. The van der Waals surface area contributed by atoms with Crippen molar-refractivity contribution in [3.8, 4) is 17.2 Å². The topological polar surface area (TPSA) is 270 Å². The Labute approximate surface area is 370 Å². The Morgan fingerprint density at radius 3 is 1.40 bits per heavy atom. The van der Waals surface area contributed by atoms with Crippen molar-refractivity contribution in [1.29, 1.82) is 0 Å². The van der Waals surface area contributed by atoms with Gasteiger partial charge in [0.05, 0.1) is 26.7 Å². The average Bonchev–Trinajstić information content (AvgIpc) is 3.28. The Balaban J connectivity index is 0.000000264. The minimum Gasteiger partial charge on any atom is -0.482 e. The first-order valence-electron chi connectivity index (χ1n) is 19.0. The molecule has 0 bridgehead atoms. The third-order valence-electron chi connectivity index (χ3n) is 7.96. The van der Waals surface area contributed by atoms with Crippen molar-refractivity contribution in [2.45, 2.75) is 46.2 Å². The lowest BCUT2D eigenvalue weighted by Gasteiger charge is -2.21. The molecule has 0 fully saturated rings. The van der Waals surface area contributed by atoms with Gasteiger partial charge in [-0.05, 0) is 37.5 Å². The second-order valence-corrected chi connectivity index (χ2v) is 13.8. The summed E-state index contributed by atoms with van der Waals surface area (Å²) in [4.78, 5) is 82.1. The summed E-state index contributed by atoms with van der Waals surface area (Å²) in [6.45, 7) is 5.45. The number of esters is 2. The van der Waals surface area contributed by atoms with E-state index in [1.54, 1.807) is 20.8 Å². The number of carbonyl (C=O) groups is 4. The van der Waals surface area contributed by atoms with Crippen molar-refractivity contribution in [1.82, 2.24) is 4.68 Å². The maximum absolute atomic E-state index is 12.3. The molecule has 0 atom stereocenters. The van der Waals surface area contributed by atoms with Gasteiger partial charge in [-0.3, -0.25) is 14.4 Å². The lowest BCUT2D eigenvalue weighted by molar-refractivity contribution is 0.0547. The molecule has 19 heteroatoms. The SMILES string of the molecule is COC(=O)c1c(OCc2ccccc2)c(=O)ccn1NC(=O)OC(C)(C)C.COC(=O)c1occc(=O)c1OCc1ccccc1.O.O=C(O)c1occc(=O)c1OCc1ccccc1. The second kappa shape index (κ2) is 24.9. The van der Waals surface area contributed by atoms with Gasteiger partial charge in [0.2, 0.25) is 27.8 Å². The van der Waals surface area contributed by atoms with Gasteiger partial charge in [-0.2, -0.15) is 0 Å². The van der Waals surface area contributed by atoms with Crippen LogP contribution in [0, 0.1) is 0 Å². The van der Waals surface area contributed by atoms with Gasteiger partial charge >= 0.3 is 24.0 Å². The van der Waals surface area contributed by atoms with Gasteiger partial charge in [0.25, 0.3) is 11.5 Å². The van der Waals surface area contributed by atoms with Crippen molar-refractivity contribution in [3.05, 3.63) is 192 Å². The molecule has 4 N–H and O–H groups in total. The first-order valence-corrected chi connectivity index (χ1v) is 19.0. The number of benzene rings is 3. The first-order chi connectivity index (χ1) is 30.6. The van der Waals surface area contributed by atoms with Crippen molar-refractivity contribution < 1.29 is 67.0 Å². The van der Waals surface area contributed by atoms with Gasteiger partial charge in [0, 0.05) is 24.4 Å². The van der Waals surface area contributed by atoms with E-state index in [4.69, 9.17) is 37.6 Å². The zero-order valence-corrected chi connectivity index (χ0v) is 35.8. The van der Waals surface area contributed by atoms with E-state index in [-0.39, 0.29) is 54.0 Å². The predicted octanol–water partition coefficient (Wildman–Crippen LogP) is 5.79. The molecule has 3 aromatic carbocycles. The summed E-state index contributed by atoms with van der Waals surface area (Å²) in [5.74, 6) is -4.30. The van der Waals surface area contributed by atoms with Crippen LogP contribution in [0.4, 0.5) is 4.79 Å². The number of rotatable bonds is 13. The number of hydrogen-bond donors (Lipinski definition) is 2. The lowest BCUT2D eigenvalue weighted by atomic mass is 10.2. The zero-order chi connectivity index (χ0) is 46.6. The van der Waals surface area contributed by atoms with Crippen LogP contribution < -0.4 is 35.9 Å². The van der Waals surface area contributed by atoms with E-state index in [9.17, 15) is 33.6 Å². The number of pyridine rings is 1. The summed E-state index contributed by atoms with van der Waals surface area (Å²) in [5, 5.41) is 8.87. The van der Waals surface area contributed by atoms with Crippen LogP contribution in [0.3, 0.4) is 0 Å². The van der Waals surface area contributed by atoms with Crippen LogP contribution in [0.15, 0.2) is 151 Å². The molecule has 19 nitrogen and oxygen atoms in total. The number of amides is 1. The molecule has 0 spiro atoms. The van der Waals surface area contributed by atoms with E-state index >= 15 is 0 Å². The summed E-state index contributed by atoms with van der Waals surface area (Å²) in [5.41, 5.74) is 2.45. The van der Waals surface area contributed by atoms with Crippen LogP contribution in [0.25, 0.3) is 0 Å². The third kappa shape index (κ3) is 15.8. The number of carboxylic acid groups (broad SMARTS) is 1. The molecule has 0 unspecified atom stereocenters. The average molecular weight is 899 g/mol. The standard InChI is InChI=1S/C19H22N2O6.C14H12O5.C13H10O5.H2O/c1-19(2,3)27-18(24)20-21-11-10-14(22)16(15(21)17(23)25-4)26-12-13-8-6-5-7-9-13;1-17-14(16)13-12(11(15)7-8-18-13)19-9-10-5-3-2-4-6-10;14-10-6-7-17-12(13(15)16)11(10)18-8-9-4-2-1-3-5-9;/h5-11H,12H2,1-4H3,(H,20,24);2-8H,9H2,1H3;1-7H,8H2,(H,15,16);1H2. The van der Waals surface area contributed by atoms with Gasteiger partial charge in [0.15, 0.2) is 11.4 Å². The minimum absolute atomic E-state index is 0. The van der Waals surface area contributed by atoms with E-state index < -0.39 is 51.6 Å². The quantitative estimate of drug-likeness (QED) is 0.103. The molecule has 65 heavy (non-hydrogen) atoms. The number of ether oxygens (including phenoxy) is 6. The number of nitrogens with zero attached hydrogens (tertiary/aromatic N) is 1. The van der Waals surface area contributed by atoms with Gasteiger partial charge in [-0.15, -0.1) is 0 Å². The first kappa shape index (κ1) is 50.9. The van der Waals surface area contributed by atoms with E-state index in [0.717, 1.165) is 40.0 Å². The molecule has 0 radical (unpaired) electrons. The maximum Gasteiger partial charge on any atom is 0.426 e. The monoisotopic (exact) mass is 898 g/mol. The van der Waals surface area contributed by atoms with Crippen LogP contribution >= 0.6 is 0 Å². The Morgan fingerprint density at radius 2 is 0.985 bits per heavy atom. The highest BCUT2D eigenvalue weighted by atomic mass is 16.6. The highest BCUT2D eigenvalue weighted by molar-refractivity contribution is 5.91. The maximum atomic E-state index is 12.3. The van der Waals surface area contributed by atoms with Gasteiger partial charge in [0.1, 0.15) is 25.4 Å². The molecule has 0 aliphatic heterocycles. The Kier molecular flexibility index (Phi) is 19.5. The lowest BCUT2D eigenvalue weighted by Crippen LogP contribution is -2.34. The van der Waals surface area contributed by atoms with Crippen LogP contribution in [0.5, 0.6) is 17.2 Å². The number of aromatic nitrogens is 1. The smallest absolute Gasteiger partial charge is 0.426 e. The van der Waals surface area contributed by atoms with E-state index in [1.807, 2.05) is 91.0 Å². The van der Waals surface area contributed by atoms with Gasteiger partial charge in [-0.25, -0.2) is 29.3 Å². The van der Waals surface area contributed by atoms with Crippen LogP contribution in [0.1, 0.15) is 69.1 Å². The van der Waals surface area contributed by atoms with E-state index in [2.05, 4.69) is 10.2 Å². The van der Waals surface area contributed by atoms with Crippen LogP contribution in [0.2, 0.25) is 0 Å². The molecule has 6 rings (SSSR count). The second-order valence-electron chi connectivity index (χ2n) is 13.8. The summed E-state index contributed by atoms with van der Waals surface area (Å²) in [6.07, 6.45) is 2.59. The summed E-state index contributed by atoms with van der Waals surface area (Å²) in [7, 11) is 2.37. The largest absolute Gasteiger partial charge is 0.482 e. The Morgan fingerprint density at radius 1 is 0.585 bits per heavy atom. The molecule has 0 saturated carbocycles. The van der Waals surface area contributed by atoms with Crippen LogP contribution in [-0.4, -0.2) is 59.1 Å². The molecule has 3 aromatic heterocycles. The highest BCUT2D eigenvalue weighted by Crippen LogP contribution is 2.18. The molecule has 0 aliphatic carbocycles. The summed E-state index contributed by atoms with van der Waals surface area (Å²) in [6, 6.07) is 31.0. The molecule has 1 amide bonds. The number of carboxylic acids is 1. The molecule has 342 valence electrons. The van der Waals surface area contributed by atoms with Crippen molar-refractivity contribution in [2.24, 2.45) is 0 Å². The van der Waals surface area contributed by atoms with Gasteiger partial charge in [-0.1, -0.05) is 91.0 Å². The van der Waals surface area contributed by atoms with Crippen molar-refractivity contribution >= 4 is 24.0 Å². The fraction of sp³-hybridized carbons (Fsp3) is 0.196. The highest BCUT2D eigenvalue weighted by Gasteiger charge is 2.24. The van der Waals surface area contributed by atoms with E-state index in [0.29, 0.717) is 0 Å². The summed E-state index contributed by atoms with van der Waals surface area (Å²) < 4.78 is 41.4. The molecular weight excluding hydrogens is 853 g/mol. The fourth-order valence-corrected chi connectivity index (χ4v) is 5.09. The number of nitrogens with one attached hydrogen (secondary N) is 1. The van der Waals surface area contributed by atoms with Crippen molar-refractivity contribution in [3.63, 3.8) is 0 Å². The molecule has 0 saturated heterocycles. The number of carbonyl (C=O) groups excluding carboxylic acids is 3. The Bertz CT molecular complexity index is 2670. The van der Waals surface area contributed by atoms with Crippen molar-refractivity contribution in [2.75, 3.05) is 19.6 Å². The normalized spacial score (nSPS) is 10.2. The van der Waals surface area contributed by atoms with Gasteiger partial charge < -0.3 is 47.8 Å². The zero-order valence-electron chi connectivity index (χ0n) is 35.8. The molecule has 0 aliphatic rings. The molecule has 3 heterocycles. The fourth-order valence-electron chi connectivity index (χ4n) is 5.09. The minimum atomic E-state index is -1.34.